The van der Waals surface area contributed by atoms with Crippen LogP contribution in [-0.4, -0.2) is 72.7 Å². The molecule has 4 rings (SSSR count). The molecule has 8 nitrogen and oxygen atoms in total. The maximum atomic E-state index is 12.8. The van der Waals surface area contributed by atoms with Crippen molar-refractivity contribution in [3.8, 4) is 21.9 Å². The maximum Gasteiger partial charge on any atom is 0.240 e. The van der Waals surface area contributed by atoms with Crippen molar-refractivity contribution in [3.63, 3.8) is 0 Å². The van der Waals surface area contributed by atoms with Gasteiger partial charge in [0, 0.05) is 53.8 Å². The Hall–Kier alpha value is -3.02. The highest BCUT2D eigenvalue weighted by Crippen LogP contribution is 2.38. The first-order chi connectivity index (χ1) is 17.9. The molecular weight excluding hydrogens is 512 g/mol. The summed E-state index contributed by atoms with van der Waals surface area (Å²) in [6.07, 6.45) is 3.14. The lowest BCUT2D eigenvalue weighted by atomic mass is 10.0. The first-order valence-corrected chi connectivity index (χ1v) is 14.2. The normalized spacial score (nSPS) is 14.6. The molecule has 10 heteroatoms. The number of methoxy groups -OCH3 is 2. The smallest absolute Gasteiger partial charge is 0.240 e. The van der Waals surface area contributed by atoms with E-state index in [2.05, 4.69) is 9.62 Å². The molecule has 196 valence electrons. The summed E-state index contributed by atoms with van der Waals surface area (Å²) in [6.45, 7) is 3.85. The molecule has 1 fully saturated rings. The van der Waals surface area contributed by atoms with Gasteiger partial charge in [0.05, 0.1) is 32.3 Å². The van der Waals surface area contributed by atoms with Crippen LogP contribution in [0.25, 0.3) is 16.5 Å². The number of sulfonamides is 1. The van der Waals surface area contributed by atoms with Crippen LogP contribution in [0.4, 0.5) is 0 Å². The van der Waals surface area contributed by atoms with Gasteiger partial charge in [-0.15, -0.1) is 11.3 Å². The summed E-state index contributed by atoms with van der Waals surface area (Å²) in [5.41, 5.74) is 2.01. The average molecular weight is 543 g/mol. The van der Waals surface area contributed by atoms with Crippen LogP contribution < -0.4 is 14.2 Å². The Morgan fingerprint density at radius 3 is 2.46 bits per heavy atom. The average Bonchev–Trinajstić information content (AvgIpc) is 3.47. The van der Waals surface area contributed by atoms with Gasteiger partial charge in [0.1, 0.15) is 11.5 Å². The van der Waals surface area contributed by atoms with Crippen molar-refractivity contribution in [1.82, 2.24) is 9.62 Å². The lowest BCUT2D eigenvalue weighted by molar-refractivity contribution is 0.0390. The molecule has 0 aliphatic carbocycles. The highest BCUT2D eigenvalue weighted by atomic mass is 32.2. The summed E-state index contributed by atoms with van der Waals surface area (Å²) in [4.78, 5) is 16.1. The van der Waals surface area contributed by atoms with Gasteiger partial charge in [-0.3, -0.25) is 9.69 Å². The molecule has 0 spiro atoms. The minimum atomic E-state index is -3.67. The summed E-state index contributed by atoms with van der Waals surface area (Å²) < 4.78 is 44.2. The van der Waals surface area contributed by atoms with Gasteiger partial charge < -0.3 is 14.2 Å². The first kappa shape index (κ1) is 27.0. The number of ether oxygens (including phenoxy) is 3. The quantitative estimate of drug-likeness (QED) is 0.290. The largest absolute Gasteiger partial charge is 0.496 e. The van der Waals surface area contributed by atoms with Gasteiger partial charge in [0.2, 0.25) is 10.0 Å². The van der Waals surface area contributed by atoms with Gasteiger partial charge in [-0.05, 0) is 53.9 Å². The van der Waals surface area contributed by atoms with Crippen molar-refractivity contribution >= 4 is 33.2 Å². The topological polar surface area (TPSA) is 94.2 Å². The third kappa shape index (κ3) is 6.85. The van der Waals surface area contributed by atoms with E-state index >= 15 is 0 Å². The Morgan fingerprint density at radius 1 is 1.08 bits per heavy atom. The third-order valence-electron chi connectivity index (χ3n) is 6.03. The fourth-order valence-electron chi connectivity index (χ4n) is 3.98. The molecule has 1 saturated heterocycles. The molecule has 0 atom stereocenters. The fraction of sp³-hybridized carbons (Fsp3) is 0.296. The Labute approximate surface area is 221 Å². The molecule has 37 heavy (non-hydrogen) atoms. The summed E-state index contributed by atoms with van der Waals surface area (Å²) in [6, 6.07) is 13.6. The molecule has 0 bridgehead atoms. The number of benzene rings is 2. The second-order valence-electron chi connectivity index (χ2n) is 8.35. The summed E-state index contributed by atoms with van der Waals surface area (Å²) in [5, 5.41) is 1.99. The molecule has 0 unspecified atom stereocenters. The molecule has 1 aromatic heterocycles. The third-order valence-corrected chi connectivity index (χ3v) is 8.41. The van der Waals surface area contributed by atoms with Gasteiger partial charge >= 0.3 is 0 Å². The van der Waals surface area contributed by atoms with Crippen molar-refractivity contribution < 1.29 is 27.4 Å². The molecule has 0 amide bonds. The van der Waals surface area contributed by atoms with E-state index in [0.717, 1.165) is 29.1 Å². The SMILES string of the molecule is COc1cc(OC)c(-c2cccs2)cc1C=CC(=O)c1ccc(S(=O)(=O)NCCN2CCOCC2)cc1. The number of carbonyl (C=O) groups is 1. The lowest BCUT2D eigenvalue weighted by Gasteiger charge is -2.26. The molecule has 1 N–H and O–H groups in total. The van der Waals surface area contributed by atoms with Gasteiger partial charge in [0.15, 0.2) is 5.78 Å². The lowest BCUT2D eigenvalue weighted by Crippen LogP contribution is -2.41. The van der Waals surface area contributed by atoms with Crippen molar-refractivity contribution in [2.45, 2.75) is 4.90 Å². The van der Waals surface area contributed by atoms with E-state index in [1.807, 2.05) is 23.6 Å². The zero-order chi connectivity index (χ0) is 26.3. The first-order valence-electron chi connectivity index (χ1n) is 11.8. The Balaban J connectivity index is 1.44. The summed E-state index contributed by atoms with van der Waals surface area (Å²) in [5.74, 6) is 1.00. The van der Waals surface area contributed by atoms with Crippen LogP contribution in [0.5, 0.6) is 11.5 Å². The molecule has 1 aliphatic heterocycles. The molecule has 3 aromatic rings. The number of hydrogen-bond donors (Lipinski definition) is 1. The van der Waals surface area contributed by atoms with Crippen LogP contribution in [0.3, 0.4) is 0 Å². The van der Waals surface area contributed by atoms with Crippen molar-refractivity contribution in [2.24, 2.45) is 0 Å². The monoisotopic (exact) mass is 542 g/mol. The standard InChI is InChI=1S/C27H30N2O6S2/c1-33-25-19-26(34-2)23(27-4-3-17-36-27)18-21(25)7-10-24(30)20-5-8-22(9-6-20)37(31,32)28-11-12-29-13-15-35-16-14-29/h3-10,17-19,28H,11-16H2,1-2H3. The van der Waals surface area contributed by atoms with Crippen LogP contribution in [0, 0.1) is 0 Å². The zero-order valence-corrected chi connectivity index (χ0v) is 22.4. The van der Waals surface area contributed by atoms with E-state index in [4.69, 9.17) is 14.2 Å². The summed E-state index contributed by atoms with van der Waals surface area (Å²) >= 11 is 1.59. The zero-order valence-electron chi connectivity index (χ0n) is 20.8. The number of hydrogen-bond acceptors (Lipinski definition) is 8. The van der Waals surface area contributed by atoms with Gasteiger partial charge in [-0.2, -0.15) is 0 Å². The van der Waals surface area contributed by atoms with Crippen LogP contribution in [-0.2, 0) is 14.8 Å². The van der Waals surface area contributed by atoms with Gasteiger partial charge in [-0.1, -0.05) is 6.07 Å². The molecular formula is C27H30N2O6S2. The van der Waals surface area contributed by atoms with Gasteiger partial charge in [-0.25, -0.2) is 13.1 Å². The van der Waals surface area contributed by atoms with Crippen LogP contribution in [0.1, 0.15) is 15.9 Å². The summed E-state index contributed by atoms with van der Waals surface area (Å²) in [7, 11) is -0.497. The number of thiophene rings is 1. The van der Waals surface area contributed by atoms with E-state index in [-0.39, 0.29) is 10.7 Å². The molecule has 1 aliphatic rings. The molecule has 0 saturated carbocycles. The molecule has 0 radical (unpaired) electrons. The Bertz CT molecular complexity index is 1330. The minimum absolute atomic E-state index is 0.118. The van der Waals surface area contributed by atoms with Crippen LogP contribution in [0.15, 0.2) is 64.9 Å². The number of rotatable bonds is 11. The fourth-order valence-corrected chi connectivity index (χ4v) is 5.75. The van der Waals surface area contributed by atoms with E-state index in [9.17, 15) is 13.2 Å². The number of morpholine rings is 1. The van der Waals surface area contributed by atoms with E-state index < -0.39 is 10.0 Å². The van der Waals surface area contributed by atoms with E-state index in [1.165, 1.54) is 30.3 Å². The number of ketones is 1. The highest BCUT2D eigenvalue weighted by Gasteiger charge is 2.17. The van der Waals surface area contributed by atoms with Crippen molar-refractivity contribution in [2.75, 3.05) is 53.6 Å². The van der Waals surface area contributed by atoms with E-state index in [0.29, 0.717) is 43.4 Å². The molecule has 2 heterocycles. The number of carbonyl (C=O) groups excluding carboxylic acids is 1. The highest BCUT2D eigenvalue weighted by molar-refractivity contribution is 7.89. The van der Waals surface area contributed by atoms with Gasteiger partial charge in [0.25, 0.3) is 0 Å². The Kier molecular flexibility index (Phi) is 9.12. The second kappa shape index (κ2) is 12.5. The Morgan fingerprint density at radius 2 is 1.81 bits per heavy atom. The minimum Gasteiger partial charge on any atom is -0.496 e. The maximum absolute atomic E-state index is 12.8. The predicted octanol–water partition coefficient (Wildman–Crippen LogP) is 3.94. The predicted molar refractivity (Wildman–Crippen MR) is 145 cm³/mol. The van der Waals surface area contributed by atoms with Crippen LogP contribution >= 0.6 is 11.3 Å². The second-order valence-corrected chi connectivity index (χ2v) is 11.1. The number of nitrogens with one attached hydrogen (secondary N) is 1. The van der Waals surface area contributed by atoms with Crippen LogP contribution in [0.2, 0.25) is 0 Å². The van der Waals surface area contributed by atoms with Crippen molar-refractivity contribution in [3.05, 3.63) is 71.1 Å². The molecule has 2 aromatic carbocycles. The number of allylic oxidation sites excluding steroid dienone is 1. The van der Waals surface area contributed by atoms with E-state index in [1.54, 1.807) is 37.7 Å². The number of nitrogens with zero attached hydrogens (tertiary/aromatic N) is 1. The van der Waals surface area contributed by atoms with Crippen molar-refractivity contribution in [1.29, 1.82) is 0 Å².